The molecule has 4 N–H and O–H groups in total. The van der Waals surface area contributed by atoms with Crippen LogP contribution in [0.1, 0.15) is 38.3 Å². The number of hydrogen-bond donors (Lipinski definition) is 3. The van der Waals surface area contributed by atoms with Crippen LogP contribution >= 0.6 is 12.4 Å². The van der Waals surface area contributed by atoms with Gasteiger partial charge in [0, 0.05) is 30.6 Å². The summed E-state index contributed by atoms with van der Waals surface area (Å²) in [7, 11) is 0. The third-order valence-electron chi connectivity index (χ3n) is 4.98. The Morgan fingerprint density at radius 3 is 2.67 bits per heavy atom. The van der Waals surface area contributed by atoms with E-state index in [1.165, 1.54) is 12.1 Å². The number of ether oxygens (including phenoxy) is 1. The Morgan fingerprint density at radius 1 is 1.50 bits per heavy atom. The van der Waals surface area contributed by atoms with Crippen molar-refractivity contribution < 1.29 is 19.0 Å². The maximum atomic E-state index is 13.6. The maximum absolute atomic E-state index is 13.6. The predicted octanol–water partition coefficient (Wildman–Crippen LogP) is 1.89. The van der Waals surface area contributed by atoms with E-state index in [9.17, 15) is 9.18 Å². The van der Waals surface area contributed by atoms with Crippen molar-refractivity contribution in [2.75, 3.05) is 6.61 Å². The fourth-order valence-corrected chi connectivity index (χ4v) is 2.99. The normalized spacial score (nSPS) is 24.7. The quantitative estimate of drug-likeness (QED) is 0.723. The van der Waals surface area contributed by atoms with Crippen LogP contribution in [0.4, 0.5) is 4.39 Å². The van der Waals surface area contributed by atoms with E-state index < -0.39 is 16.8 Å². The number of hydrogen-bond acceptors (Lipinski definition) is 4. The molecule has 24 heavy (non-hydrogen) atoms. The number of carbonyl (C=O) groups is 1. The first-order valence-electron chi connectivity index (χ1n) is 7.83. The number of carbonyl (C=O) groups excluding carboxylic acids is 1. The number of halogens is 2. The molecule has 1 fully saturated rings. The van der Waals surface area contributed by atoms with Crippen molar-refractivity contribution in [1.82, 2.24) is 5.32 Å². The third kappa shape index (κ3) is 3.57. The highest BCUT2D eigenvalue weighted by Crippen LogP contribution is 2.49. The topological polar surface area (TPSA) is 84.6 Å². The van der Waals surface area contributed by atoms with Gasteiger partial charge in [0.2, 0.25) is 5.91 Å². The number of aliphatic hydroxyl groups excluding tert-OH is 1. The molecule has 1 aromatic carbocycles. The summed E-state index contributed by atoms with van der Waals surface area (Å²) in [5.41, 5.74) is 5.69. The van der Waals surface area contributed by atoms with E-state index >= 15 is 0 Å². The molecular weight excluding hydrogens is 335 g/mol. The smallest absolute Gasteiger partial charge is 0.241 e. The molecule has 1 aliphatic carbocycles. The van der Waals surface area contributed by atoms with Crippen LogP contribution in [-0.2, 0) is 22.7 Å². The van der Waals surface area contributed by atoms with Crippen molar-refractivity contribution >= 4 is 18.3 Å². The highest BCUT2D eigenvalue weighted by Gasteiger charge is 2.62. The van der Waals surface area contributed by atoms with Gasteiger partial charge in [0.1, 0.15) is 11.4 Å². The van der Waals surface area contributed by atoms with Crippen LogP contribution in [-0.4, -0.2) is 29.3 Å². The van der Waals surface area contributed by atoms with Crippen molar-refractivity contribution in [3.05, 3.63) is 35.1 Å². The number of benzene rings is 1. The summed E-state index contributed by atoms with van der Waals surface area (Å²) in [6.45, 7) is 6.19. The van der Waals surface area contributed by atoms with Gasteiger partial charge in [-0.25, -0.2) is 4.39 Å². The minimum atomic E-state index is -0.990. The molecule has 1 saturated carbocycles. The molecule has 0 aromatic heterocycles. The zero-order chi connectivity index (χ0) is 17.3. The van der Waals surface area contributed by atoms with Crippen LogP contribution in [0.25, 0.3) is 0 Å². The third-order valence-corrected chi connectivity index (χ3v) is 4.98. The molecule has 2 atom stereocenters. The average Bonchev–Trinajstić information content (AvgIpc) is 2.52. The van der Waals surface area contributed by atoms with Gasteiger partial charge in [0.15, 0.2) is 0 Å². The molecule has 0 saturated heterocycles. The van der Waals surface area contributed by atoms with Gasteiger partial charge in [-0.15, -0.1) is 12.4 Å². The number of nitrogens with one attached hydrogen (secondary N) is 1. The Bertz CT molecular complexity index is 597. The zero-order valence-electron chi connectivity index (χ0n) is 14.3. The molecule has 1 aliphatic rings. The van der Waals surface area contributed by atoms with Crippen molar-refractivity contribution in [3.8, 4) is 0 Å². The molecule has 2 unspecified atom stereocenters. The van der Waals surface area contributed by atoms with Crippen molar-refractivity contribution in [2.45, 2.75) is 52.0 Å². The molecule has 2 rings (SSSR count). The van der Waals surface area contributed by atoms with E-state index in [2.05, 4.69) is 5.32 Å². The van der Waals surface area contributed by atoms with Crippen LogP contribution in [0.5, 0.6) is 0 Å². The standard InChI is InChI=1S/C17H25FN2O3.ClH/c1-4-23-14-8-17(19,16(14,2)3)15(22)20-9-11-5-6-12(10-21)13(18)7-11;/h5-7,14,21H,4,8-10,19H2,1-3H3,(H,20,22);1H. The van der Waals surface area contributed by atoms with Gasteiger partial charge in [0.05, 0.1) is 12.7 Å². The summed E-state index contributed by atoms with van der Waals surface area (Å²) in [5.74, 6) is -0.743. The van der Waals surface area contributed by atoms with Gasteiger partial charge in [-0.3, -0.25) is 4.79 Å². The Hall–Kier alpha value is -1.21. The van der Waals surface area contributed by atoms with E-state index in [4.69, 9.17) is 15.6 Å². The molecule has 136 valence electrons. The molecule has 0 spiro atoms. The second-order valence-corrected chi connectivity index (χ2v) is 6.61. The monoisotopic (exact) mass is 360 g/mol. The minimum absolute atomic E-state index is 0. The summed E-state index contributed by atoms with van der Waals surface area (Å²) in [6, 6.07) is 4.49. The number of nitrogens with two attached hydrogens (primary N) is 1. The number of amides is 1. The van der Waals surface area contributed by atoms with Crippen molar-refractivity contribution in [2.24, 2.45) is 11.1 Å². The first kappa shape index (κ1) is 20.8. The van der Waals surface area contributed by atoms with Gasteiger partial charge >= 0.3 is 0 Å². The molecule has 7 heteroatoms. The summed E-state index contributed by atoms with van der Waals surface area (Å²) in [6.07, 6.45) is 0.432. The van der Waals surface area contributed by atoms with Crippen LogP contribution in [0.15, 0.2) is 18.2 Å². The predicted molar refractivity (Wildman–Crippen MR) is 92.1 cm³/mol. The van der Waals surface area contributed by atoms with Gasteiger partial charge in [-0.05, 0) is 18.6 Å². The average molecular weight is 361 g/mol. The summed E-state index contributed by atoms with van der Waals surface area (Å²) in [4.78, 5) is 12.5. The van der Waals surface area contributed by atoms with Gasteiger partial charge in [0.25, 0.3) is 0 Å². The van der Waals surface area contributed by atoms with Crippen LogP contribution in [0.2, 0.25) is 0 Å². The SMILES string of the molecule is CCOC1CC(N)(C(=O)NCc2ccc(CO)c(F)c2)C1(C)C.Cl. The first-order chi connectivity index (χ1) is 10.8. The fourth-order valence-electron chi connectivity index (χ4n) is 2.99. The van der Waals surface area contributed by atoms with Gasteiger partial charge < -0.3 is 20.9 Å². The molecular formula is C17H26ClFN2O3. The lowest BCUT2D eigenvalue weighted by atomic mass is 9.54. The second-order valence-electron chi connectivity index (χ2n) is 6.61. The highest BCUT2D eigenvalue weighted by atomic mass is 35.5. The number of aliphatic hydroxyl groups is 1. The number of rotatable bonds is 6. The van der Waals surface area contributed by atoms with E-state index in [0.29, 0.717) is 18.6 Å². The van der Waals surface area contributed by atoms with Gasteiger partial charge in [-0.1, -0.05) is 26.0 Å². The Balaban J connectivity index is 0.00000288. The van der Waals surface area contributed by atoms with Crippen molar-refractivity contribution in [3.63, 3.8) is 0 Å². The van der Waals surface area contributed by atoms with E-state index in [0.717, 1.165) is 0 Å². The first-order valence-corrected chi connectivity index (χ1v) is 7.83. The Labute approximate surface area is 148 Å². The lowest BCUT2D eigenvalue weighted by Crippen LogP contribution is -2.75. The van der Waals surface area contributed by atoms with E-state index in [1.807, 2.05) is 20.8 Å². The summed E-state index contributed by atoms with van der Waals surface area (Å²) < 4.78 is 19.2. The highest BCUT2D eigenvalue weighted by molar-refractivity contribution is 5.88. The Kier molecular flexibility index (Phi) is 6.75. The van der Waals surface area contributed by atoms with Crippen LogP contribution in [0, 0.1) is 11.2 Å². The molecule has 0 heterocycles. The van der Waals surface area contributed by atoms with E-state index in [1.54, 1.807) is 6.07 Å². The maximum Gasteiger partial charge on any atom is 0.241 e. The molecule has 0 radical (unpaired) electrons. The lowest BCUT2D eigenvalue weighted by molar-refractivity contribution is -0.170. The second kappa shape index (κ2) is 7.78. The van der Waals surface area contributed by atoms with Gasteiger partial charge in [-0.2, -0.15) is 0 Å². The Morgan fingerprint density at radius 2 is 2.17 bits per heavy atom. The van der Waals surface area contributed by atoms with E-state index in [-0.39, 0.29) is 43.1 Å². The lowest BCUT2D eigenvalue weighted by Gasteiger charge is -2.57. The van der Waals surface area contributed by atoms with Crippen LogP contribution < -0.4 is 11.1 Å². The van der Waals surface area contributed by atoms with Crippen molar-refractivity contribution in [1.29, 1.82) is 0 Å². The molecule has 0 bridgehead atoms. The molecule has 0 aliphatic heterocycles. The fraction of sp³-hybridized carbons (Fsp3) is 0.588. The molecule has 1 amide bonds. The van der Waals surface area contributed by atoms with Crippen LogP contribution in [0.3, 0.4) is 0 Å². The largest absolute Gasteiger partial charge is 0.392 e. The minimum Gasteiger partial charge on any atom is -0.392 e. The molecule has 5 nitrogen and oxygen atoms in total. The summed E-state index contributed by atoms with van der Waals surface area (Å²) >= 11 is 0. The zero-order valence-corrected chi connectivity index (χ0v) is 15.1. The molecule has 1 aromatic rings. The summed E-state index contributed by atoms with van der Waals surface area (Å²) in [5, 5.41) is 11.7.